The van der Waals surface area contributed by atoms with E-state index in [0.29, 0.717) is 30.1 Å². The standard InChI is InChI=1S/C17H18O3/c1-10-5-11(2)17(15(19)6-10)16-8-13-7-14(18)4-3-12(13)9-20-16/h7-10H,3-6H2,1-2H3. The molecule has 0 amide bonds. The summed E-state index contributed by atoms with van der Waals surface area (Å²) in [6.07, 6.45) is 7.96. The summed E-state index contributed by atoms with van der Waals surface area (Å²) >= 11 is 0. The molecule has 1 atom stereocenters. The van der Waals surface area contributed by atoms with E-state index in [1.165, 1.54) is 0 Å². The van der Waals surface area contributed by atoms with E-state index in [1.54, 1.807) is 12.3 Å². The molecule has 0 spiro atoms. The quantitative estimate of drug-likeness (QED) is 0.733. The van der Waals surface area contributed by atoms with Crippen LogP contribution in [0.3, 0.4) is 0 Å². The maximum Gasteiger partial charge on any atom is 0.166 e. The first-order valence-electron chi connectivity index (χ1n) is 7.10. The number of fused-ring (bicyclic) bond motifs is 1. The van der Waals surface area contributed by atoms with Gasteiger partial charge in [-0.1, -0.05) is 12.5 Å². The zero-order valence-electron chi connectivity index (χ0n) is 11.9. The molecule has 3 aliphatic rings. The highest BCUT2D eigenvalue weighted by atomic mass is 16.5. The Morgan fingerprint density at radius 2 is 1.95 bits per heavy atom. The lowest BCUT2D eigenvalue weighted by atomic mass is 9.82. The van der Waals surface area contributed by atoms with Crippen LogP contribution in [0.1, 0.15) is 39.5 Å². The number of Topliss-reactive ketones (excluding diaryl/α,β-unsaturated/α-hetero) is 1. The van der Waals surface area contributed by atoms with Crippen molar-refractivity contribution in [2.45, 2.75) is 39.5 Å². The van der Waals surface area contributed by atoms with E-state index in [0.717, 1.165) is 29.6 Å². The molecule has 3 rings (SSSR count). The smallest absolute Gasteiger partial charge is 0.166 e. The molecule has 3 heteroatoms. The van der Waals surface area contributed by atoms with Crippen molar-refractivity contribution in [1.29, 1.82) is 0 Å². The van der Waals surface area contributed by atoms with Crippen LogP contribution in [0.25, 0.3) is 0 Å². The largest absolute Gasteiger partial charge is 0.464 e. The van der Waals surface area contributed by atoms with Crippen molar-refractivity contribution in [1.82, 2.24) is 0 Å². The summed E-state index contributed by atoms with van der Waals surface area (Å²) in [5.74, 6) is 1.29. The molecule has 1 heterocycles. The first-order valence-corrected chi connectivity index (χ1v) is 7.10. The van der Waals surface area contributed by atoms with Crippen molar-refractivity contribution < 1.29 is 14.3 Å². The van der Waals surface area contributed by atoms with Gasteiger partial charge in [-0.05, 0) is 49.0 Å². The molecule has 2 aliphatic carbocycles. The molecular formula is C17H18O3. The Balaban J connectivity index is 1.98. The molecule has 0 aromatic rings. The maximum atomic E-state index is 12.3. The number of carbonyl (C=O) groups excluding carboxylic acids is 2. The van der Waals surface area contributed by atoms with Gasteiger partial charge in [0.05, 0.1) is 11.8 Å². The fraction of sp³-hybridized carbons (Fsp3) is 0.412. The van der Waals surface area contributed by atoms with Crippen LogP contribution in [-0.2, 0) is 14.3 Å². The summed E-state index contributed by atoms with van der Waals surface area (Å²) in [5, 5.41) is 0. The topological polar surface area (TPSA) is 43.4 Å². The summed E-state index contributed by atoms with van der Waals surface area (Å²) in [4.78, 5) is 23.8. The second kappa shape index (κ2) is 4.89. The minimum atomic E-state index is 0.143. The summed E-state index contributed by atoms with van der Waals surface area (Å²) in [5.41, 5.74) is 3.73. The van der Waals surface area contributed by atoms with Crippen molar-refractivity contribution in [2.24, 2.45) is 5.92 Å². The average Bonchev–Trinajstić information content (AvgIpc) is 2.37. The van der Waals surface area contributed by atoms with Crippen LogP contribution in [-0.4, -0.2) is 11.6 Å². The van der Waals surface area contributed by atoms with Crippen LogP contribution in [0.2, 0.25) is 0 Å². The number of rotatable bonds is 1. The zero-order valence-corrected chi connectivity index (χ0v) is 11.9. The van der Waals surface area contributed by atoms with E-state index in [4.69, 9.17) is 4.74 Å². The third-order valence-electron chi connectivity index (χ3n) is 4.08. The molecule has 0 aromatic carbocycles. The molecule has 104 valence electrons. The van der Waals surface area contributed by atoms with Crippen molar-refractivity contribution in [3.8, 4) is 0 Å². The van der Waals surface area contributed by atoms with E-state index in [1.807, 2.05) is 13.0 Å². The summed E-state index contributed by atoms with van der Waals surface area (Å²) in [6.45, 7) is 4.08. The van der Waals surface area contributed by atoms with Gasteiger partial charge >= 0.3 is 0 Å². The monoisotopic (exact) mass is 270 g/mol. The van der Waals surface area contributed by atoms with Gasteiger partial charge in [0.25, 0.3) is 0 Å². The Kier molecular flexibility index (Phi) is 3.20. The van der Waals surface area contributed by atoms with E-state index < -0.39 is 0 Å². The fourth-order valence-corrected chi connectivity index (χ4v) is 3.14. The molecule has 0 radical (unpaired) electrons. The third-order valence-corrected chi connectivity index (χ3v) is 4.08. The molecule has 20 heavy (non-hydrogen) atoms. The zero-order chi connectivity index (χ0) is 14.3. The summed E-state index contributed by atoms with van der Waals surface area (Å²) < 4.78 is 5.67. The molecule has 1 unspecified atom stereocenters. The van der Waals surface area contributed by atoms with E-state index in [2.05, 4.69) is 6.92 Å². The van der Waals surface area contributed by atoms with Gasteiger partial charge in [0.2, 0.25) is 0 Å². The second-order valence-electron chi connectivity index (χ2n) is 5.93. The van der Waals surface area contributed by atoms with Gasteiger partial charge < -0.3 is 4.74 Å². The van der Waals surface area contributed by atoms with Gasteiger partial charge in [-0.15, -0.1) is 0 Å². The number of hydrogen-bond acceptors (Lipinski definition) is 3. The van der Waals surface area contributed by atoms with E-state index >= 15 is 0 Å². The maximum absolute atomic E-state index is 12.3. The van der Waals surface area contributed by atoms with Crippen molar-refractivity contribution in [3.05, 3.63) is 46.5 Å². The van der Waals surface area contributed by atoms with Crippen molar-refractivity contribution in [3.63, 3.8) is 0 Å². The SMILES string of the molecule is CC1=C(C2=CC3=CC(=O)CCC3=CO2)C(=O)CC(C)C1. The lowest BCUT2D eigenvalue weighted by molar-refractivity contribution is -0.117. The molecule has 3 nitrogen and oxygen atoms in total. The predicted molar refractivity (Wildman–Crippen MR) is 75.7 cm³/mol. The van der Waals surface area contributed by atoms with Gasteiger partial charge in [-0.25, -0.2) is 0 Å². The van der Waals surface area contributed by atoms with Crippen molar-refractivity contribution >= 4 is 11.6 Å². The first-order chi connectivity index (χ1) is 9.54. The highest BCUT2D eigenvalue weighted by molar-refractivity contribution is 6.01. The van der Waals surface area contributed by atoms with Crippen LogP contribution in [0, 0.1) is 5.92 Å². The van der Waals surface area contributed by atoms with Crippen molar-refractivity contribution in [2.75, 3.05) is 0 Å². The molecule has 0 aromatic heterocycles. The Bertz CT molecular complexity index is 614. The highest BCUT2D eigenvalue weighted by Crippen LogP contribution is 2.36. The van der Waals surface area contributed by atoms with E-state index in [9.17, 15) is 9.59 Å². The molecule has 0 N–H and O–H groups in total. The fourth-order valence-electron chi connectivity index (χ4n) is 3.14. The first kappa shape index (κ1) is 13.1. The summed E-state index contributed by atoms with van der Waals surface area (Å²) in [6, 6.07) is 0. The number of allylic oxidation sites excluding steroid dienone is 6. The van der Waals surface area contributed by atoms with Gasteiger partial charge in [0.15, 0.2) is 11.6 Å². The predicted octanol–water partition coefficient (Wildman–Crippen LogP) is 3.39. The molecule has 0 fully saturated rings. The lowest BCUT2D eigenvalue weighted by Crippen LogP contribution is -2.20. The lowest BCUT2D eigenvalue weighted by Gasteiger charge is -2.26. The molecule has 0 saturated heterocycles. The second-order valence-corrected chi connectivity index (χ2v) is 5.93. The van der Waals surface area contributed by atoms with Gasteiger partial charge in [0.1, 0.15) is 5.76 Å². The number of carbonyl (C=O) groups is 2. The highest BCUT2D eigenvalue weighted by Gasteiger charge is 2.28. The van der Waals surface area contributed by atoms with E-state index in [-0.39, 0.29) is 11.6 Å². The number of ether oxygens (including phenoxy) is 1. The van der Waals surface area contributed by atoms with Crippen LogP contribution in [0.15, 0.2) is 46.5 Å². The number of ketones is 2. The Morgan fingerprint density at radius 1 is 1.15 bits per heavy atom. The number of hydrogen-bond donors (Lipinski definition) is 0. The third kappa shape index (κ3) is 2.28. The van der Waals surface area contributed by atoms with Crippen LogP contribution in [0.5, 0.6) is 0 Å². The van der Waals surface area contributed by atoms with Gasteiger partial charge in [0, 0.05) is 12.8 Å². The van der Waals surface area contributed by atoms with Crippen LogP contribution >= 0.6 is 0 Å². The average molecular weight is 270 g/mol. The van der Waals surface area contributed by atoms with Gasteiger partial charge in [-0.3, -0.25) is 9.59 Å². The minimum Gasteiger partial charge on any atom is -0.464 e. The molecule has 1 aliphatic heterocycles. The molecule has 0 saturated carbocycles. The Hall–Kier alpha value is -1.90. The Morgan fingerprint density at radius 3 is 2.70 bits per heavy atom. The molecular weight excluding hydrogens is 252 g/mol. The van der Waals surface area contributed by atoms with Gasteiger partial charge in [-0.2, -0.15) is 0 Å². The minimum absolute atomic E-state index is 0.143. The molecule has 0 bridgehead atoms. The van der Waals surface area contributed by atoms with Crippen LogP contribution in [0.4, 0.5) is 0 Å². The van der Waals surface area contributed by atoms with Crippen LogP contribution < -0.4 is 0 Å². The Labute approximate surface area is 118 Å². The normalized spacial score (nSPS) is 26.5. The summed E-state index contributed by atoms with van der Waals surface area (Å²) in [7, 11) is 0.